The van der Waals surface area contributed by atoms with Crippen LogP contribution < -0.4 is 15.8 Å². The van der Waals surface area contributed by atoms with Crippen LogP contribution in [0.1, 0.15) is 40.0 Å². The quantitative estimate of drug-likeness (QED) is 0.833. The Morgan fingerprint density at radius 3 is 3.00 bits per heavy atom. The van der Waals surface area contributed by atoms with Gasteiger partial charge in [-0.2, -0.15) is 0 Å². The predicted octanol–water partition coefficient (Wildman–Crippen LogP) is 1.87. The summed E-state index contributed by atoms with van der Waals surface area (Å²) in [6.45, 7) is 10.2. The SMILES string of the molecule is CCCn1ccnc(N2CCCC2CNCC(C)C)c1=O. The van der Waals surface area contributed by atoms with E-state index >= 15 is 0 Å². The van der Waals surface area contributed by atoms with Crippen LogP contribution in [0.15, 0.2) is 17.2 Å². The molecule has 1 aromatic rings. The fraction of sp³-hybridized carbons (Fsp3) is 0.750. The molecule has 0 radical (unpaired) electrons. The molecule has 1 aliphatic heterocycles. The van der Waals surface area contributed by atoms with Gasteiger partial charge in [0, 0.05) is 38.1 Å². The van der Waals surface area contributed by atoms with Gasteiger partial charge in [0.2, 0.25) is 0 Å². The van der Waals surface area contributed by atoms with Crippen LogP contribution in [-0.4, -0.2) is 35.2 Å². The maximum Gasteiger partial charge on any atom is 0.293 e. The van der Waals surface area contributed by atoms with Crippen LogP contribution in [0.2, 0.25) is 0 Å². The third kappa shape index (κ3) is 4.06. The molecule has 5 nitrogen and oxygen atoms in total. The van der Waals surface area contributed by atoms with Crippen LogP contribution in [0.4, 0.5) is 5.82 Å². The van der Waals surface area contributed by atoms with Crippen molar-refractivity contribution >= 4 is 5.82 Å². The molecule has 0 spiro atoms. The lowest BCUT2D eigenvalue weighted by Crippen LogP contribution is -2.42. The third-order valence-corrected chi connectivity index (χ3v) is 3.94. The summed E-state index contributed by atoms with van der Waals surface area (Å²) in [5.41, 5.74) is 0.0510. The molecule has 0 bridgehead atoms. The number of rotatable bonds is 7. The Bertz CT molecular complexity index is 497. The Morgan fingerprint density at radius 2 is 2.29 bits per heavy atom. The molecule has 1 aliphatic rings. The minimum Gasteiger partial charge on any atom is -0.348 e. The highest BCUT2D eigenvalue weighted by atomic mass is 16.1. The van der Waals surface area contributed by atoms with Crippen molar-refractivity contribution in [3.63, 3.8) is 0 Å². The minimum atomic E-state index is 0.0510. The van der Waals surface area contributed by atoms with E-state index in [9.17, 15) is 4.79 Å². The smallest absolute Gasteiger partial charge is 0.293 e. The van der Waals surface area contributed by atoms with E-state index in [1.54, 1.807) is 17.0 Å². The van der Waals surface area contributed by atoms with Gasteiger partial charge >= 0.3 is 0 Å². The van der Waals surface area contributed by atoms with Crippen molar-refractivity contribution in [2.75, 3.05) is 24.5 Å². The average molecular weight is 292 g/mol. The zero-order chi connectivity index (χ0) is 15.2. The molecule has 118 valence electrons. The van der Waals surface area contributed by atoms with E-state index in [1.165, 1.54) is 0 Å². The molecular weight excluding hydrogens is 264 g/mol. The van der Waals surface area contributed by atoms with Gasteiger partial charge in [-0.25, -0.2) is 4.98 Å². The lowest BCUT2D eigenvalue weighted by molar-refractivity contribution is 0.509. The van der Waals surface area contributed by atoms with E-state index in [0.29, 0.717) is 17.8 Å². The fourth-order valence-corrected chi connectivity index (χ4v) is 2.92. The molecule has 0 aliphatic carbocycles. The first kappa shape index (κ1) is 16.0. The summed E-state index contributed by atoms with van der Waals surface area (Å²) < 4.78 is 1.78. The molecule has 1 N–H and O–H groups in total. The summed E-state index contributed by atoms with van der Waals surface area (Å²) in [7, 11) is 0. The molecule has 1 unspecified atom stereocenters. The van der Waals surface area contributed by atoms with Crippen LogP contribution in [0.5, 0.6) is 0 Å². The van der Waals surface area contributed by atoms with Crippen LogP contribution >= 0.6 is 0 Å². The number of nitrogens with zero attached hydrogens (tertiary/aromatic N) is 3. The number of hydrogen-bond donors (Lipinski definition) is 1. The number of aromatic nitrogens is 2. The van der Waals surface area contributed by atoms with E-state index in [0.717, 1.165) is 45.4 Å². The van der Waals surface area contributed by atoms with Gasteiger partial charge in [-0.05, 0) is 31.7 Å². The molecule has 0 aromatic carbocycles. The average Bonchev–Trinajstić information content (AvgIpc) is 2.89. The molecule has 0 amide bonds. The van der Waals surface area contributed by atoms with Crippen molar-refractivity contribution in [1.29, 1.82) is 0 Å². The van der Waals surface area contributed by atoms with E-state index in [1.807, 2.05) is 0 Å². The first-order chi connectivity index (χ1) is 10.1. The van der Waals surface area contributed by atoms with Crippen LogP contribution in [0.25, 0.3) is 0 Å². The largest absolute Gasteiger partial charge is 0.348 e. The summed E-state index contributed by atoms with van der Waals surface area (Å²) in [6.07, 6.45) is 6.77. The second-order valence-corrected chi connectivity index (χ2v) is 6.29. The Balaban J connectivity index is 2.09. The van der Waals surface area contributed by atoms with Gasteiger partial charge in [0.25, 0.3) is 5.56 Å². The standard InChI is InChI=1S/C16H28N4O/c1-4-8-19-10-7-18-15(16(19)21)20-9-5-6-14(20)12-17-11-13(2)3/h7,10,13-14,17H,4-6,8-9,11-12H2,1-3H3. The van der Waals surface area contributed by atoms with Gasteiger partial charge < -0.3 is 14.8 Å². The molecule has 1 saturated heterocycles. The lowest BCUT2D eigenvalue weighted by Gasteiger charge is -2.26. The third-order valence-electron chi connectivity index (χ3n) is 3.94. The summed E-state index contributed by atoms with van der Waals surface area (Å²) >= 11 is 0. The second kappa shape index (κ2) is 7.59. The Kier molecular flexibility index (Phi) is 5.79. The monoisotopic (exact) mass is 292 g/mol. The molecular formula is C16H28N4O. The molecule has 2 heterocycles. The number of anilines is 1. The van der Waals surface area contributed by atoms with Crippen LogP contribution in [-0.2, 0) is 6.54 Å². The number of aryl methyl sites for hydroxylation is 1. The topological polar surface area (TPSA) is 50.2 Å². The zero-order valence-electron chi connectivity index (χ0n) is 13.5. The Morgan fingerprint density at radius 1 is 1.48 bits per heavy atom. The van der Waals surface area contributed by atoms with Gasteiger partial charge in [0.15, 0.2) is 5.82 Å². The molecule has 1 atom stereocenters. The number of nitrogens with one attached hydrogen (secondary N) is 1. The van der Waals surface area contributed by atoms with Crippen molar-refractivity contribution in [3.8, 4) is 0 Å². The van der Waals surface area contributed by atoms with Gasteiger partial charge in [-0.15, -0.1) is 0 Å². The van der Waals surface area contributed by atoms with E-state index < -0.39 is 0 Å². The number of hydrogen-bond acceptors (Lipinski definition) is 4. The van der Waals surface area contributed by atoms with Crippen molar-refractivity contribution in [3.05, 3.63) is 22.7 Å². The normalized spacial score (nSPS) is 18.7. The molecule has 5 heteroatoms. The van der Waals surface area contributed by atoms with Crippen molar-refractivity contribution in [2.24, 2.45) is 5.92 Å². The highest BCUT2D eigenvalue weighted by Gasteiger charge is 2.27. The maximum absolute atomic E-state index is 12.5. The zero-order valence-corrected chi connectivity index (χ0v) is 13.5. The fourth-order valence-electron chi connectivity index (χ4n) is 2.92. The van der Waals surface area contributed by atoms with Crippen molar-refractivity contribution in [1.82, 2.24) is 14.9 Å². The van der Waals surface area contributed by atoms with Gasteiger partial charge in [0.1, 0.15) is 0 Å². The first-order valence-electron chi connectivity index (χ1n) is 8.16. The molecule has 1 fully saturated rings. The highest BCUT2D eigenvalue weighted by Crippen LogP contribution is 2.20. The van der Waals surface area contributed by atoms with Gasteiger partial charge in [-0.1, -0.05) is 20.8 Å². The highest BCUT2D eigenvalue weighted by molar-refractivity contribution is 5.39. The first-order valence-corrected chi connectivity index (χ1v) is 8.16. The van der Waals surface area contributed by atoms with Gasteiger partial charge in [0.05, 0.1) is 0 Å². The van der Waals surface area contributed by atoms with Crippen molar-refractivity contribution < 1.29 is 0 Å². The molecule has 1 aromatic heterocycles. The summed E-state index contributed by atoms with van der Waals surface area (Å²) in [5, 5.41) is 3.51. The van der Waals surface area contributed by atoms with E-state index in [4.69, 9.17) is 0 Å². The Hall–Kier alpha value is -1.36. The molecule has 2 rings (SSSR count). The lowest BCUT2D eigenvalue weighted by atomic mass is 10.2. The molecule has 0 saturated carbocycles. The Labute approximate surface area is 127 Å². The van der Waals surface area contributed by atoms with Gasteiger partial charge in [-0.3, -0.25) is 4.79 Å². The minimum absolute atomic E-state index is 0.0510. The van der Waals surface area contributed by atoms with Crippen LogP contribution in [0.3, 0.4) is 0 Å². The van der Waals surface area contributed by atoms with Crippen molar-refractivity contribution in [2.45, 2.75) is 52.6 Å². The van der Waals surface area contributed by atoms with Crippen LogP contribution in [0, 0.1) is 5.92 Å². The van der Waals surface area contributed by atoms with E-state index in [2.05, 4.69) is 36.0 Å². The predicted molar refractivity (Wildman–Crippen MR) is 86.9 cm³/mol. The maximum atomic E-state index is 12.5. The summed E-state index contributed by atoms with van der Waals surface area (Å²) in [6, 6.07) is 0.390. The second-order valence-electron chi connectivity index (χ2n) is 6.29. The van der Waals surface area contributed by atoms with E-state index in [-0.39, 0.29) is 5.56 Å². The summed E-state index contributed by atoms with van der Waals surface area (Å²) in [5.74, 6) is 1.27. The molecule has 21 heavy (non-hydrogen) atoms. The summed E-state index contributed by atoms with van der Waals surface area (Å²) in [4.78, 5) is 19.1.